The summed E-state index contributed by atoms with van der Waals surface area (Å²) < 4.78 is 9.78. The van der Waals surface area contributed by atoms with Crippen LogP contribution in [0.1, 0.15) is 6.92 Å². The molecule has 1 heterocycles. The van der Waals surface area contributed by atoms with Gasteiger partial charge in [0.25, 0.3) is 0 Å². The van der Waals surface area contributed by atoms with Crippen LogP contribution in [0.25, 0.3) is 0 Å². The maximum absolute atomic E-state index is 11.5. The molecule has 0 aromatic heterocycles. The van der Waals surface area contributed by atoms with Gasteiger partial charge in [0.1, 0.15) is 6.54 Å². The molecule has 0 radical (unpaired) electrons. The van der Waals surface area contributed by atoms with E-state index < -0.39 is 5.97 Å². The molecule has 1 N–H and O–H groups in total. The minimum Gasteiger partial charge on any atom is -0.465 e. The summed E-state index contributed by atoms with van der Waals surface area (Å²) in [6, 6.07) is -0.244. The first-order valence-corrected chi connectivity index (χ1v) is 5.00. The summed E-state index contributed by atoms with van der Waals surface area (Å²) >= 11 is 0. The summed E-state index contributed by atoms with van der Waals surface area (Å²) in [6.07, 6.45) is 0. The highest BCUT2D eigenvalue weighted by Crippen LogP contribution is 1.96. The highest BCUT2D eigenvalue weighted by atomic mass is 16.5. The van der Waals surface area contributed by atoms with E-state index in [0.29, 0.717) is 32.9 Å². The zero-order valence-corrected chi connectivity index (χ0v) is 8.82. The van der Waals surface area contributed by atoms with Gasteiger partial charge in [-0.05, 0) is 6.92 Å². The van der Waals surface area contributed by atoms with Crippen molar-refractivity contribution in [3.8, 4) is 0 Å². The van der Waals surface area contributed by atoms with E-state index in [-0.39, 0.29) is 12.6 Å². The van der Waals surface area contributed by atoms with Crippen LogP contribution in [-0.2, 0) is 14.3 Å². The lowest BCUT2D eigenvalue weighted by Gasteiger charge is -2.26. The van der Waals surface area contributed by atoms with Crippen LogP contribution in [0.3, 0.4) is 0 Å². The van der Waals surface area contributed by atoms with Crippen molar-refractivity contribution in [3.05, 3.63) is 0 Å². The fourth-order valence-electron chi connectivity index (χ4n) is 1.24. The summed E-state index contributed by atoms with van der Waals surface area (Å²) in [6.45, 7) is 4.20. The van der Waals surface area contributed by atoms with Gasteiger partial charge in [-0.25, -0.2) is 4.79 Å². The molecule has 0 aromatic carbocycles. The van der Waals surface area contributed by atoms with Crippen molar-refractivity contribution in [2.24, 2.45) is 0 Å². The van der Waals surface area contributed by atoms with E-state index in [0.717, 1.165) is 0 Å². The highest BCUT2D eigenvalue weighted by Gasteiger charge is 2.17. The smallest absolute Gasteiger partial charge is 0.325 e. The number of morpholine rings is 1. The quantitative estimate of drug-likeness (QED) is 0.651. The van der Waals surface area contributed by atoms with Crippen molar-refractivity contribution in [1.29, 1.82) is 0 Å². The number of carbonyl (C=O) groups is 2. The number of ether oxygens (including phenoxy) is 2. The van der Waals surface area contributed by atoms with Crippen LogP contribution in [-0.4, -0.2) is 56.4 Å². The summed E-state index contributed by atoms with van der Waals surface area (Å²) in [7, 11) is 0. The van der Waals surface area contributed by atoms with Gasteiger partial charge >= 0.3 is 12.0 Å². The average molecular weight is 216 g/mol. The number of hydrogen-bond donors (Lipinski definition) is 1. The van der Waals surface area contributed by atoms with Crippen LogP contribution in [0.2, 0.25) is 0 Å². The molecule has 0 aromatic rings. The number of nitrogens with one attached hydrogen (secondary N) is 1. The molecule has 0 bridgehead atoms. The molecule has 1 rings (SSSR count). The van der Waals surface area contributed by atoms with Crippen molar-refractivity contribution >= 4 is 12.0 Å². The largest absolute Gasteiger partial charge is 0.465 e. The molecule has 15 heavy (non-hydrogen) atoms. The van der Waals surface area contributed by atoms with Gasteiger partial charge in [-0.15, -0.1) is 0 Å². The number of amides is 2. The minimum absolute atomic E-state index is 0.0793. The second kappa shape index (κ2) is 6.23. The minimum atomic E-state index is -0.417. The third-order valence-electron chi connectivity index (χ3n) is 1.99. The number of esters is 1. The lowest BCUT2D eigenvalue weighted by Crippen LogP contribution is -2.47. The number of rotatable bonds is 3. The summed E-state index contributed by atoms with van der Waals surface area (Å²) in [5, 5.41) is 2.49. The third-order valence-corrected chi connectivity index (χ3v) is 1.99. The monoisotopic (exact) mass is 216 g/mol. The van der Waals surface area contributed by atoms with Crippen LogP contribution >= 0.6 is 0 Å². The fraction of sp³-hybridized carbons (Fsp3) is 0.778. The second-order valence-corrected chi connectivity index (χ2v) is 3.06. The normalized spacial score (nSPS) is 15.9. The molecular weight excluding hydrogens is 200 g/mol. The topological polar surface area (TPSA) is 67.9 Å². The van der Waals surface area contributed by atoms with Crippen molar-refractivity contribution in [1.82, 2.24) is 10.2 Å². The average Bonchev–Trinajstić information content (AvgIpc) is 2.27. The molecule has 86 valence electrons. The summed E-state index contributed by atoms with van der Waals surface area (Å²) in [5.74, 6) is -0.417. The van der Waals surface area contributed by atoms with Gasteiger partial charge in [-0.3, -0.25) is 4.79 Å². The van der Waals surface area contributed by atoms with Crippen LogP contribution in [0.15, 0.2) is 0 Å². The van der Waals surface area contributed by atoms with E-state index in [2.05, 4.69) is 10.1 Å². The van der Waals surface area contributed by atoms with Crippen LogP contribution < -0.4 is 5.32 Å². The highest BCUT2D eigenvalue weighted by molar-refractivity contribution is 5.80. The summed E-state index contributed by atoms with van der Waals surface area (Å²) in [4.78, 5) is 24.0. The maximum atomic E-state index is 11.5. The molecule has 1 fully saturated rings. The van der Waals surface area contributed by atoms with Crippen molar-refractivity contribution in [3.63, 3.8) is 0 Å². The van der Waals surface area contributed by atoms with Gasteiger partial charge in [0.15, 0.2) is 0 Å². The summed E-state index contributed by atoms with van der Waals surface area (Å²) in [5.41, 5.74) is 0. The molecule has 0 spiro atoms. The molecule has 6 nitrogen and oxygen atoms in total. The van der Waals surface area contributed by atoms with E-state index >= 15 is 0 Å². The lowest BCUT2D eigenvalue weighted by atomic mass is 10.4. The number of nitrogens with zero attached hydrogens (tertiary/aromatic N) is 1. The van der Waals surface area contributed by atoms with E-state index in [1.54, 1.807) is 11.8 Å². The molecule has 6 heteroatoms. The Kier molecular flexibility index (Phi) is 4.89. The SMILES string of the molecule is CCOC(=O)CNC(=O)N1CCOCC1. The predicted molar refractivity (Wildman–Crippen MR) is 52.4 cm³/mol. The lowest BCUT2D eigenvalue weighted by molar-refractivity contribution is -0.141. The second-order valence-electron chi connectivity index (χ2n) is 3.06. The van der Waals surface area contributed by atoms with E-state index in [1.165, 1.54) is 0 Å². The van der Waals surface area contributed by atoms with Gasteiger partial charge in [-0.2, -0.15) is 0 Å². The zero-order valence-electron chi connectivity index (χ0n) is 8.82. The molecule has 1 aliphatic heterocycles. The first-order valence-electron chi connectivity index (χ1n) is 5.00. The third kappa shape index (κ3) is 4.16. The predicted octanol–water partition coefficient (Wildman–Crippen LogP) is -0.409. The Hall–Kier alpha value is -1.30. The molecule has 1 saturated heterocycles. The Morgan fingerprint density at radius 2 is 2.07 bits per heavy atom. The van der Waals surface area contributed by atoms with E-state index in [4.69, 9.17) is 4.74 Å². The molecule has 2 amide bonds. The van der Waals surface area contributed by atoms with Gasteiger partial charge in [0.2, 0.25) is 0 Å². The molecule has 0 saturated carbocycles. The molecule has 0 atom stereocenters. The van der Waals surface area contributed by atoms with Gasteiger partial charge in [0, 0.05) is 13.1 Å². The van der Waals surface area contributed by atoms with Gasteiger partial charge in [0.05, 0.1) is 19.8 Å². The molecule has 0 unspecified atom stereocenters. The zero-order chi connectivity index (χ0) is 11.1. The van der Waals surface area contributed by atoms with Gasteiger partial charge in [-0.1, -0.05) is 0 Å². The van der Waals surface area contributed by atoms with E-state index in [1.807, 2.05) is 0 Å². The Labute approximate surface area is 88.5 Å². The number of carbonyl (C=O) groups excluding carboxylic acids is 2. The van der Waals surface area contributed by atoms with Crippen molar-refractivity contribution < 1.29 is 19.1 Å². The number of urea groups is 1. The van der Waals surface area contributed by atoms with Crippen molar-refractivity contribution in [2.45, 2.75) is 6.92 Å². The van der Waals surface area contributed by atoms with Crippen LogP contribution in [0, 0.1) is 0 Å². The first kappa shape index (κ1) is 11.8. The molecule has 0 aliphatic carbocycles. The van der Waals surface area contributed by atoms with Crippen LogP contribution in [0.5, 0.6) is 0 Å². The first-order chi connectivity index (χ1) is 7.24. The Morgan fingerprint density at radius 1 is 1.40 bits per heavy atom. The Balaban J connectivity index is 2.19. The Morgan fingerprint density at radius 3 is 2.67 bits per heavy atom. The number of hydrogen-bond acceptors (Lipinski definition) is 4. The van der Waals surface area contributed by atoms with E-state index in [9.17, 15) is 9.59 Å². The molecular formula is C9H16N2O4. The Bertz CT molecular complexity index is 226. The molecule has 1 aliphatic rings. The standard InChI is InChI=1S/C9H16N2O4/c1-2-15-8(12)7-10-9(13)11-3-5-14-6-4-11/h2-7H2,1H3,(H,10,13). The van der Waals surface area contributed by atoms with Crippen molar-refractivity contribution in [2.75, 3.05) is 39.5 Å². The van der Waals surface area contributed by atoms with Crippen LogP contribution in [0.4, 0.5) is 4.79 Å². The maximum Gasteiger partial charge on any atom is 0.325 e. The fourth-order valence-corrected chi connectivity index (χ4v) is 1.24. The van der Waals surface area contributed by atoms with Gasteiger partial charge < -0.3 is 19.7 Å².